The number of ether oxygens (including phenoxy) is 2. The van der Waals surface area contributed by atoms with Gasteiger partial charge >= 0.3 is 0 Å². The summed E-state index contributed by atoms with van der Waals surface area (Å²) >= 11 is 5.24. The van der Waals surface area contributed by atoms with Crippen LogP contribution in [-0.4, -0.2) is 33.3 Å². The van der Waals surface area contributed by atoms with Crippen molar-refractivity contribution in [2.24, 2.45) is 5.10 Å². The van der Waals surface area contributed by atoms with Crippen molar-refractivity contribution < 1.29 is 14.6 Å². The van der Waals surface area contributed by atoms with Gasteiger partial charge in [-0.3, -0.25) is 0 Å². The molecule has 0 amide bonds. The highest BCUT2D eigenvalue weighted by Gasteiger charge is 2.07. The molecule has 8 heteroatoms. The van der Waals surface area contributed by atoms with Gasteiger partial charge in [-0.05, 0) is 59.6 Å². The number of aromatic nitrogens is 3. The summed E-state index contributed by atoms with van der Waals surface area (Å²) in [6, 6.07) is 13.0. The molecule has 0 spiro atoms. The molecule has 28 heavy (non-hydrogen) atoms. The Morgan fingerprint density at radius 2 is 2.00 bits per heavy atom. The van der Waals surface area contributed by atoms with Crippen molar-refractivity contribution in [3.05, 3.63) is 64.2 Å². The molecule has 2 aromatic carbocycles. The number of rotatable bonds is 7. The first-order chi connectivity index (χ1) is 13.5. The molecule has 0 saturated carbocycles. The van der Waals surface area contributed by atoms with Gasteiger partial charge in [0.25, 0.3) is 0 Å². The second-order valence-electron chi connectivity index (χ2n) is 6.45. The average molecular weight is 398 g/mol. The number of aromatic amines is 1. The molecule has 2 N–H and O–H groups in total. The Hall–Kier alpha value is -3.13. The number of hydrogen-bond acceptors (Lipinski definition) is 6. The fourth-order valence-electron chi connectivity index (χ4n) is 2.55. The zero-order chi connectivity index (χ0) is 20.1. The van der Waals surface area contributed by atoms with Crippen molar-refractivity contribution in [1.82, 2.24) is 14.9 Å². The largest absolute Gasteiger partial charge is 0.504 e. The number of H-pyrrole nitrogens is 1. The summed E-state index contributed by atoms with van der Waals surface area (Å²) in [6.07, 6.45) is 1.57. The minimum absolute atomic E-state index is 0.0376. The zero-order valence-electron chi connectivity index (χ0n) is 15.9. The summed E-state index contributed by atoms with van der Waals surface area (Å²) in [5, 5.41) is 21.1. The topological polar surface area (TPSA) is 84.7 Å². The van der Waals surface area contributed by atoms with Gasteiger partial charge in [-0.25, -0.2) is 5.10 Å². The number of phenolic OH excluding ortho intramolecular Hbond substituents is 1. The summed E-state index contributed by atoms with van der Waals surface area (Å²) in [5.41, 5.74) is 1.94. The van der Waals surface area contributed by atoms with Gasteiger partial charge < -0.3 is 14.6 Å². The van der Waals surface area contributed by atoms with E-state index >= 15 is 0 Å². The van der Waals surface area contributed by atoms with Crippen molar-refractivity contribution in [2.45, 2.75) is 26.4 Å². The van der Waals surface area contributed by atoms with Crippen molar-refractivity contribution >= 4 is 18.4 Å². The highest BCUT2D eigenvalue weighted by molar-refractivity contribution is 7.71. The van der Waals surface area contributed by atoms with Gasteiger partial charge in [0.2, 0.25) is 4.77 Å². The summed E-state index contributed by atoms with van der Waals surface area (Å²) in [5.74, 6) is 2.18. The van der Waals surface area contributed by atoms with E-state index in [1.165, 1.54) is 17.3 Å². The molecule has 1 aromatic heterocycles. The molecule has 0 radical (unpaired) electrons. The molecule has 0 aliphatic carbocycles. The van der Waals surface area contributed by atoms with Crippen LogP contribution in [0.4, 0.5) is 0 Å². The first kappa shape index (κ1) is 19.6. The van der Waals surface area contributed by atoms with Crippen LogP contribution in [0.2, 0.25) is 0 Å². The maximum Gasteiger partial charge on any atom is 0.216 e. The Morgan fingerprint density at radius 1 is 1.25 bits per heavy atom. The third-order valence-electron chi connectivity index (χ3n) is 4.16. The molecule has 0 unspecified atom stereocenters. The average Bonchev–Trinajstić information content (AvgIpc) is 3.04. The van der Waals surface area contributed by atoms with Gasteiger partial charge in [0.05, 0.1) is 13.3 Å². The maximum atomic E-state index is 9.87. The molecule has 3 aromatic rings. The van der Waals surface area contributed by atoms with E-state index in [0.29, 0.717) is 27.8 Å². The standard InChI is InChI=1S/C20H22N4O3S/c1-13(2)15-5-7-16(8-6-15)27-12-19-22-23-20(28)24(19)21-11-14-4-9-18(26-3)17(25)10-14/h4-11,13,25H,12H2,1-3H3,(H,23,28)/b21-11-. The number of nitrogens with zero attached hydrogens (tertiary/aromatic N) is 3. The maximum absolute atomic E-state index is 9.87. The van der Waals surface area contributed by atoms with Crippen molar-refractivity contribution in [2.75, 3.05) is 7.11 Å². The van der Waals surface area contributed by atoms with Gasteiger partial charge in [-0.1, -0.05) is 26.0 Å². The smallest absolute Gasteiger partial charge is 0.216 e. The molecule has 0 fully saturated rings. The SMILES string of the molecule is COc1ccc(/C=N\n2c(COc3ccc(C(C)C)cc3)n[nH]c2=S)cc1O. The molecule has 0 saturated heterocycles. The molecule has 0 aliphatic heterocycles. The Morgan fingerprint density at radius 3 is 2.64 bits per heavy atom. The quantitative estimate of drug-likeness (QED) is 0.459. The van der Waals surface area contributed by atoms with Crippen LogP contribution in [0.3, 0.4) is 0 Å². The fourth-order valence-corrected chi connectivity index (χ4v) is 2.74. The van der Waals surface area contributed by atoms with Crippen LogP contribution in [0.1, 0.15) is 36.7 Å². The van der Waals surface area contributed by atoms with E-state index in [4.69, 9.17) is 21.7 Å². The Labute approximate surface area is 168 Å². The van der Waals surface area contributed by atoms with Crippen LogP contribution in [0.15, 0.2) is 47.6 Å². The van der Waals surface area contributed by atoms with E-state index in [9.17, 15) is 5.11 Å². The molecule has 0 atom stereocenters. The molecule has 0 bridgehead atoms. The lowest BCUT2D eigenvalue weighted by atomic mass is 10.0. The predicted octanol–water partition coefficient (Wildman–Crippen LogP) is 4.24. The van der Waals surface area contributed by atoms with Crippen molar-refractivity contribution in [1.29, 1.82) is 0 Å². The summed E-state index contributed by atoms with van der Waals surface area (Å²) < 4.78 is 12.7. The second-order valence-corrected chi connectivity index (χ2v) is 6.83. The Balaban J connectivity index is 1.73. The summed E-state index contributed by atoms with van der Waals surface area (Å²) in [6.45, 7) is 4.50. The van der Waals surface area contributed by atoms with Crippen LogP contribution < -0.4 is 9.47 Å². The number of phenols is 1. The molecule has 1 heterocycles. The van der Waals surface area contributed by atoms with Crippen LogP contribution in [0.25, 0.3) is 0 Å². The molecule has 3 rings (SSSR count). The number of nitrogens with one attached hydrogen (secondary N) is 1. The van der Waals surface area contributed by atoms with E-state index in [1.54, 1.807) is 24.4 Å². The second kappa shape index (κ2) is 8.71. The number of aromatic hydroxyl groups is 1. The monoisotopic (exact) mass is 398 g/mol. The lowest BCUT2D eigenvalue weighted by Crippen LogP contribution is -2.04. The van der Waals surface area contributed by atoms with Crippen LogP contribution >= 0.6 is 12.2 Å². The first-order valence-corrected chi connectivity index (χ1v) is 9.19. The molecular weight excluding hydrogens is 376 g/mol. The van der Waals surface area contributed by atoms with Gasteiger partial charge in [-0.2, -0.15) is 14.9 Å². The number of methoxy groups -OCH3 is 1. The Bertz CT molecular complexity index is 1020. The minimum Gasteiger partial charge on any atom is -0.504 e. The van der Waals surface area contributed by atoms with E-state index in [1.807, 2.05) is 24.3 Å². The highest BCUT2D eigenvalue weighted by Crippen LogP contribution is 2.25. The van der Waals surface area contributed by atoms with E-state index in [-0.39, 0.29) is 12.4 Å². The van der Waals surface area contributed by atoms with Gasteiger partial charge in [0, 0.05) is 0 Å². The fraction of sp³-hybridized carbons (Fsp3) is 0.250. The van der Waals surface area contributed by atoms with Gasteiger partial charge in [0.15, 0.2) is 17.3 Å². The van der Waals surface area contributed by atoms with Crippen LogP contribution in [-0.2, 0) is 6.61 Å². The highest BCUT2D eigenvalue weighted by atomic mass is 32.1. The predicted molar refractivity (Wildman–Crippen MR) is 110 cm³/mol. The number of hydrogen-bond donors (Lipinski definition) is 2. The van der Waals surface area contributed by atoms with Crippen molar-refractivity contribution in [3.8, 4) is 17.2 Å². The summed E-state index contributed by atoms with van der Waals surface area (Å²) in [7, 11) is 1.50. The van der Waals surface area contributed by atoms with E-state index in [2.05, 4.69) is 29.1 Å². The van der Waals surface area contributed by atoms with Gasteiger partial charge in [0.1, 0.15) is 12.4 Å². The van der Waals surface area contributed by atoms with E-state index < -0.39 is 0 Å². The summed E-state index contributed by atoms with van der Waals surface area (Å²) in [4.78, 5) is 0. The van der Waals surface area contributed by atoms with Crippen LogP contribution in [0.5, 0.6) is 17.2 Å². The third kappa shape index (κ3) is 4.58. The molecule has 146 valence electrons. The normalized spacial score (nSPS) is 11.3. The van der Waals surface area contributed by atoms with Crippen molar-refractivity contribution in [3.63, 3.8) is 0 Å². The lowest BCUT2D eigenvalue weighted by molar-refractivity contribution is 0.290. The molecule has 0 aliphatic rings. The zero-order valence-corrected chi connectivity index (χ0v) is 16.7. The lowest BCUT2D eigenvalue weighted by Gasteiger charge is -2.08. The third-order valence-corrected chi connectivity index (χ3v) is 4.42. The minimum atomic E-state index is 0.0376. The first-order valence-electron chi connectivity index (χ1n) is 8.78. The van der Waals surface area contributed by atoms with Crippen LogP contribution in [0, 0.1) is 4.77 Å². The number of benzene rings is 2. The molecule has 7 nitrogen and oxygen atoms in total. The molecular formula is C20H22N4O3S. The van der Waals surface area contributed by atoms with Gasteiger partial charge in [-0.15, -0.1) is 0 Å². The van der Waals surface area contributed by atoms with E-state index in [0.717, 1.165) is 5.75 Å². The Kier molecular flexibility index (Phi) is 6.10.